The predicted molar refractivity (Wildman–Crippen MR) is 60.6 cm³/mol. The quantitative estimate of drug-likeness (QED) is 0.471. The van der Waals surface area contributed by atoms with Crippen molar-refractivity contribution in [1.29, 1.82) is 0 Å². The summed E-state index contributed by atoms with van der Waals surface area (Å²) in [5.74, 6) is -7.07. The molecule has 0 saturated heterocycles. The molecule has 0 aromatic heterocycles. The number of esters is 1. The number of halogens is 6. The van der Waals surface area contributed by atoms with Crippen molar-refractivity contribution >= 4 is 5.97 Å². The first-order valence-electron chi connectivity index (χ1n) is 5.77. The van der Waals surface area contributed by atoms with E-state index in [0.717, 1.165) is 7.11 Å². The zero-order chi connectivity index (χ0) is 16.9. The van der Waals surface area contributed by atoms with Crippen LogP contribution in [0.1, 0.15) is 27.9 Å². The molecule has 1 aromatic rings. The van der Waals surface area contributed by atoms with Gasteiger partial charge in [-0.25, -0.2) is 15.8 Å². The van der Waals surface area contributed by atoms with Gasteiger partial charge in [0.2, 0.25) is 0 Å². The van der Waals surface area contributed by atoms with Crippen LogP contribution in [0.3, 0.4) is 0 Å². The van der Waals surface area contributed by atoms with Crippen molar-refractivity contribution in [2.45, 2.75) is 24.1 Å². The standard InChI is InChI=1S/C13H7F6NO2/c1-20-11(5-12(11,15)16)8-6(10(21)22-2)3-4-7(9(8)14)13(17,18)19/h3-4H,5H2,2H3. The van der Waals surface area contributed by atoms with E-state index in [0.29, 0.717) is 6.07 Å². The Morgan fingerprint density at radius 1 is 1.36 bits per heavy atom. The molecule has 1 aromatic carbocycles. The van der Waals surface area contributed by atoms with Crippen molar-refractivity contribution < 1.29 is 35.9 Å². The first kappa shape index (κ1) is 16.1. The number of rotatable bonds is 2. The highest BCUT2D eigenvalue weighted by molar-refractivity contribution is 5.92. The van der Waals surface area contributed by atoms with Crippen LogP contribution >= 0.6 is 0 Å². The summed E-state index contributed by atoms with van der Waals surface area (Å²) < 4.78 is 83.6. The number of hydrogen-bond donors (Lipinski definition) is 0. The Balaban J connectivity index is 2.80. The zero-order valence-electron chi connectivity index (χ0n) is 10.9. The monoisotopic (exact) mass is 323 g/mol. The van der Waals surface area contributed by atoms with Crippen LogP contribution in [0, 0.1) is 12.4 Å². The summed E-state index contributed by atoms with van der Waals surface area (Å²) in [5, 5.41) is 0. The lowest BCUT2D eigenvalue weighted by atomic mass is 9.94. The molecule has 22 heavy (non-hydrogen) atoms. The molecule has 1 unspecified atom stereocenters. The SMILES string of the molecule is [C-]#[N+]C1(c2c(C(=O)OC)ccc(C(F)(F)F)c2F)CC1(F)F. The van der Waals surface area contributed by atoms with Gasteiger partial charge in [-0.05, 0) is 12.1 Å². The molecule has 0 bridgehead atoms. The molecule has 1 aliphatic rings. The van der Waals surface area contributed by atoms with Gasteiger partial charge in [0.1, 0.15) is 12.2 Å². The molecule has 1 fully saturated rings. The highest BCUT2D eigenvalue weighted by Gasteiger charge is 2.82. The van der Waals surface area contributed by atoms with Crippen LogP contribution in [-0.4, -0.2) is 19.0 Å². The topological polar surface area (TPSA) is 30.7 Å². The third-order valence-electron chi connectivity index (χ3n) is 3.42. The van der Waals surface area contributed by atoms with E-state index in [1.165, 1.54) is 0 Å². The number of alkyl halides is 5. The number of benzene rings is 1. The molecule has 1 aliphatic carbocycles. The molecule has 0 radical (unpaired) electrons. The third-order valence-corrected chi connectivity index (χ3v) is 3.42. The summed E-state index contributed by atoms with van der Waals surface area (Å²) in [6.07, 6.45) is -6.31. The molecular formula is C13H7F6NO2. The van der Waals surface area contributed by atoms with Crippen LogP contribution in [-0.2, 0) is 16.5 Å². The first-order valence-corrected chi connectivity index (χ1v) is 5.77. The van der Waals surface area contributed by atoms with Crippen LogP contribution < -0.4 is 0 Å². The molecular weight excluding hydrogens is 316 g/mol. The molecule has 0 N–H and O–H groups in total. The fraction of sp³-hybridized carbons (Fsp3) is 0.385. The Morgan fingerprint density at radius 3 is 2.27 bits per heavy atom. The Kier molecular flexibility index (Phi) is 3.39. The fourth-order valence-corrected chi connectivity index (χ4v) is 2.20. The number of carbonyl (C=O) groups excluding carboxylic acids is 1. The van der Waals surface area contributed by atoms with Gasteiger partial charge in [-0.3, -0.25) is 4.85 Å². The maximum atomic E-state index is 14.2. The van der Waals surface area contributed by atoms with E-state index < -0.39 is 52.5 Å². The first-order chi connectivity index (χ1) is 10.0. The molecule has 0 spiro atoms. The average Bonchev–Trinajstić information content (AvgIpc) is 2.98. The maximum Gasteiger partial charge on any atom is 0.419 e. The molecule has 9 heteroatoms. The van der Waals surface area contributed by atoms with Gasteiger partial charge < -0.3 is 4.74 Å². The number of carbonyl (C=O) groups is 1. The molecule has 3 nitrogen and oxygen atoms in total. The summed E-state index contributed by atoms with van der Waals surface area (Å²) in [5.41, 5.74) is -6.72. The Bertz CT molecular complexity index is 691. The average molecular weight is 323 g/mol. The van der Waals surface area contributed by atoms with Gasteiger partial charge in [0.05, 0.1) is 23.8 Å². The van der Waals surface area contributed by atoms with Crippen molar-refractivity contribution in [1.82, 2.24) is 0 Å². The van der Waals surface area contributed by atoms with Crippen LogP contribution in [0.25, 0.3) is 4.85 Å². The second-order valence-corrected chi connectivity index (χ2v) is 4.69. The maximum absolute atomic E-state index is 14.2. The van der Waals surface area contributed by atoms with E-state index in [4.69, 9.17) is 6.57 Å². The minimum Gasteiger partial charge on any atom is -0.465 e. The summed E-state index contributed by atoms with van der Waals surface area (Å²) in [7, 11) is 0.858. The highest BCUT2D eigenvalue weighted by atomic mass is 19.4. The molecule has 0 heterocycles. The van der Waals surface area contributed by atoms with Gasteiger partial charge >= 0.3 is 23.6 Å². The minimum absolute atomic E-state index is 0.253. The number of hydrogen-bond acceptors (Lipinski definition) is 2. The van der Waals surface area contributed by atoms with Crippen molar-refractivity contribution in [3.8, 4) is 0 Å². The largest absolute Gasteiger partial charge is 0.465 e. The third kappa shape index (κ3) is 2.10. The fourth-order valence-electron chi connectivity index (χ4n) is 2.20. The molecule has 1 atom stereocenters. The smallest absolute Gasteiger partial charge is 0.419 e. The van der Waals surface area contributed by atoms with E-state index >= 15 is 0 Å². The molecule has 118 valence electrons. The molecule has 1 saturated carbocycles. The van der Waals surface area contributed by atoms with Crippen LogP contribution in [0.2, 0.25) is 0 Å². The minimum atomic E-state index is -5.15. The van der Waals surface area contributed by atoms with Crippen molar-refractivity contribution in [2.24, 2.45) is 0 Å². The van der Waals surface area contributed by atoms with E-state index in [1.807, 2.05) is 0 Å². The van der Waals surface area contributed by atoms with E-state index in [2.05, 4.69) is 9.58 Å². The molecule has 0 aliphatic heterocycles. The van der Waals surface area contributed by atoms with Gasteiger partial charge in [0.15, 0.2) is 0 Å². The van der Waals surface area contributed by atoms with E-state index in [9.17, 15) is 31.1 Å². The Morgan fingerprint density at radius 2 is 1.91 bits per heavy atom. The molecule has 2 rings (SSSR count). The highest BCUT2D eigenvalue weighted by Crippen LogP contribution is 2.64. The van der Waals surface area contributed by atoms with Crippen molar-refractivity contribution in [3.63, 3.8) is 0 Å². The lowest BCUT2D eigenvalue weighted by Crippen LogP contribution is -2.22. The van der Waals surface area contributed by atoms with Crippen LogP contribution in [0.4, 0.5) is 26.3 Å². The van der Waals surface area contributed by atoms with Gasteiger partial charge in [0.25, 0.3) is 0 Å². The second kappa shape index (κ2) is 4.63. The second-order valence-electron chi connectivity index (χ2n) is 4.69. The van der Waals surface area contributed by atoms with Crippen molar-refractivity contribution in [2.75, 3.05) is 7.11 Å². The molecule has 0 amide bonds. The predicted octanol–water partition coefficient (Wildman–Crippen LogP) is 3.78. The lowest BCUT2D eigenvalue weighted by Gasteiger charge is -2.15. The number of nitrogens with zero attached hydrogens (tertiary/aromatic N) is 1. The van der Waals surface area contributed by atoms with Gasteiger partial charge in [-0.2, -0.15) is 22.0 Å². The Hall–Kier alpha value is -2.24. The number of methoxy groups -OCH3 is 1. The van der Waals surface area contributed by atoms with Crippen LogP contribution in [0.15, 0.2) is 12.1 Å². The Labute approximate surface area is 120 Å². The van der Waals surface area contributed by atoms with Crippen LogP contribution in [0.5, 0.6) is 0 Å². The zero-order valence-corrected chi connectivity index (χ0v) is 10.9. The van der Waals surface area contributed by atoms with Crippen molar-refractivity contribution in [3.05, 3.63) is 46.1 Å². The van der Waals surface area contributed by atoms with Gasteiger partial charge in [-0.15, -0.1) is 0 Å². The van der Waals surface area contributed by atoms with E-state index in [-0.39, 0.29) is 6.07 Å². The van der Waals surface area contributed by atoms with Gasteiger partial charge in [0, 0.05) is 0 Å². The summed E-state index contributed by atoms with van der Waals surface area (Å²) in [6, 6.07) is 0.789. The van der Waals surface area contributed by atoms with E-state index in [1.54, 1.807) is 0 Å². The number of ether oxygens (including phenoxy) is 1. The normalized spacial score (nSPS) is 22.8. The summed E-state index contributed by atoms with van der Waals surface area (Å²) in [4.78, 5) is 14.1. The lowest BCUT2D eigenvalue weighted by molar-refractivity contribution is -0.140. The van der Waals surface area contributed by atoms with Gasteiger partial charge in [-0.1, -0.05) is 0 Å². The summed E-state index contributed by atoms with van der Waals surface area (Å²) >= 11 is 0. The summed E-state index contributed by atoms with van der Waals surface area (Å²) in [6.45, 7) is 6.82.